The van der Waals surface area contributed by atoms with Gasteiger partial charge < -0.3 is 14.2 Å². The monoisotopic (exact) mass is 197 g/mol. The van der Waals surface area contributed by atoms with Crippen LogP contribution in [0.4, 0.5) is 0 Å². The molecule has 0 N–H and O–H groups in total. The van der Waals surface area contributed by atoms with Gasteiger partial charge in [0.15, 0.2) is 6.29 Å². The van der Waals surface area contributed by atoms with Crippen LogP contribution < -0.4 is 0 Å². The fraction of sp³-hybridized carbons (Fsp3) is 0.556. The predicted octanol–water partition coefficient (Wildman–Crippen LogP) is 0.372. The van der Waals surface area contributed by atoms with Crippen LogP contribution in [0.1, 0.15) is 6.92 Å². The Balaban J connectivity index is 2.61. The van der Waals surface area contributed by atoms with Gasteiger partial charge in [-0.25, -0.2) is 4.79 Å². The fourth-order valence-electron chi connectivity index (χ4n) is 1.00. The van der Waals surface area contributed by atoms with Gasteiger partial charge in [-0.05, 0) is 6.92 Å². The number of rotatable bonds is 3. The van der Waals surface area contributed by atoms with E-state index >= 15 is 0 Å². The quantitative estimate of drug-likeness (QED) is 0.371. The maximum atomic E-state index is 11.0. The standard InChI is InChI=1S/C9H11NO4/c1-2-12-8(11)5-7(6-10)9-13-3-4-14-9/h5,9H,2-4H2,1H3/b7-5+. The number of esters is 1. The zero-order valence-corrected chi connectivity index (χ0v) is 7.86. The van der Waals surface area contributed by atoms with E-state index in [-0.39, 0.29) is 12.2 Å². The molecule has 76 valence electrons. The van der Waals surface area contributed by atoms with Gasteiger partial charge in [0.1, 0.15) is 6.07 Å². The number of hydrogen-bond donors (Lipinski definition) is 0. The largest absolute Gasteiger partial charge is 0.463 e. The van der Waals surface area contributed by atoms with E-state index in [1.165, 1.54) is 0 Å². The summed E-state index contributed by atoms with van der Waals surface area (Å²) in [7, 11) is 0. The zero-order valence-electron chi connectivity index (χ0n) is 7.86. The summed E-state index contributed by atoms with van der Waals surface area (Å²) in [6.07, 6.45) is 0.379. The minimum atomic E-state index is -0.718. The highest BCUT2D eigenvalue weighted by molar-refractivity contribution is 5.83. The van der Waals surface area contributed by atoms with Crippen molar-refractivity contribution in [3.63, 3.8) is 0 Å². The SMILES string of the molecule is CCOC(=O)/C=C(\C#N)C1OCCO1. The number of hydrogen-bond acceptors (Lipinski definition) is 5. The van der Waals surface area contributed by atoms with E-state index in [1.807, 2.05) is 6.07 Å². The Morgan fingerprint density at radius 3 is 2.79 bits per heavy atom. The number of nitriles is 1. The van der Waals surface area contributed by atoms with E-state index in [4.69, 9.17) is 14.7 Å². The van der Waals surface area contributed by atoms with Crippen molar-refractivity contribution in [3.05, 3.63) is 11.6 Å². The minimum Gasteiger partial charge on any atom is -0.463 e. The highest BCUT2D eigenvalue weighted by Crippen LogP contribution is 2.13. The summed E-state index contributed by atoms with van der Waals surface area (Å²) in [5.74, 6) is -0.553. The normalized spacial score (nSPS) is 17.9. The third kappa shape index (κ3) is 2.83. The Labute approximate surface area is 81.9 Å². The molecule has 0 aromatic rings. The van der Waals surface area contributed by atoms with Crippen LogP contribution in [-0.2, 0) is 19.0 Å². The molecule has 1 fully saturated rings. The molecule has 0 atom stereocenters. The Kier molecular flexibility index (Phi) is 4.11. The molecule has 0 radical (unpaired) electrons. The molecular weight excluding hydrogens is 186 g/mol. The summed E-state index contributed by atoms with van der Waals surface area (Å²) in [4.78, 5) is 11.0. The van der Waals surface area contributed by atoms with E-state index in [1.54, 1.807) is 6.92 Å². The van der Waals surface area contributed by atoms with Crippen molar-refractivity contribution in [1.29, 1.82) is 5.26 Å². The Morgan fingerprint density at radius 2 is 2.29 bits per heavy atom. The van der Waals surface area contributed by atoms with Crippen molar-refractivity contribution < 1.29 is 19.0 Å². The molecular formula is C9H11NO4. The topological polar surface area (TPSA) is 68.6 Å². The molecule has 14 heavy (non-hydrogen) atoms. The van der Waals surface area contributed by atoms with Gasteiger partial charge in [0.05, 0.1) is 25.4 Å². The molecule has 0 unspecified atom stereocenters. The summed E-state index contributed by atoms with van der Waals surface area (Å²) < 4.78 is 14.8. The molecule has 5 heteroatoms. The van der Waals surface area contributed by atoms with Gasteiger partial charge in [-0.1, -0.05) is 0 Å². The molecule has 1 saturated heterocycles. The molecule has 5 nitrogen and oxygen atoms in total. The first-order valence-corrected chi connectivity index (χ1v) is 4.29. The van der Waals surface area contributed by atoms with Crippen LogP contribution in [-0.4, -0.2) is 32.1 Å². The van der Waals surface area contributed by atoms with E-state index in [0.717, 1.165) is 6.08 Å². The van der Waals surface area contributed by atoms with Crippen LogP contribution in [0.2, 0.25) is 0 Å². The maximum absolute atomic E-state index is 11.0. The predicted molar refractivity (Wildman–Crippen MR) is 46.0 cm³/mol. The van der Waals surface area contributed by atoms with E-state index in [0.29, 0.717) is 13.2 Å². The molecule has 0 bridgehead atoms. The van der Waals surface area contributed by atoms with Crippen LogP contribution in [0.3, 0.4) is 0 Å². The lowest BCUT2D eigenvalue weighted by Crippen LogP contribution is -2.12. The van der Waals surface area contributed by atoms with Crippen molar-refractivity contribution >= 4 is 5.97 Å². The summed E-state index contributed by atoms with van der Waals surface area (Å²) in [6.45, 7) is 2.85. The third-order valence-electron chi connectivity index (χ3n) is 1.56. The molecule has 1 heterocycles. The van der Waals surface area contributed by atoms with Crippen molar-refractivity contribution in [2.24, 2.45) is 0 Å². The number of carbonyl (C=O) groups excluding carboxylic acids is 1. The second kappa shape index (κ2) is 5.37. The van der Waals surface area contributed by atoms with Gasteiger partial charge in [-0.3, -0.25) is 0 Å². The summed E-state index contributed by atoms with van der Waals surface area (Å²) in [5.41, 5.74) is 0.140. The smallest absolute Gasteiger partial charge is 0.331 e. The Hall–Kier alpha value is -1.38. The van der Waals surface area contributed by atoms with Crippen LogP contribution in [0.15, 0.2) is 11.6 Å². The lowest BCUT2D eigenvalue weighted by molar-refractivity contribution is -0.137. The summed E-state index contributed by atoms with van der Waals surface area (Å²) in [6, 6.07) is 1.84. The number of carbonyl (C=O) groups is 1. The van der Waals surface area contributed by atoms with Gasteiger partial charge in [-0.15, -0.1) is 0 Å². The van der Waals surface area contributed by atoms with Crippen LogP contribution in [0.25, 0.3) is 0 Å². The van der Waals surface area contributed by atoms with Crippen molar-refractivity contribution in [3.8, 4) is 6.07 Å². The number of nitrogens with zero attached hydrogens (tertiary/aromatic N) is 1. The molecule has 0 amide bonds. The van der Waals surface area contributed by atoms with Crippen molar-refractivity contribution in [2.75, 3.05) is 19.8 Å². The van der Waals surface area contributed by atoms with Crippen molar-refractivity contribution in [1.82, 2.24) is 0 Å². The average Bonchev–Trinajstić information content (AvgIpc) is 2.67. The van der Waals surface area contributed by atoms with Crippen LogP contribution >= 0.6 is 0 Å². The molecule has 0 saturated carbocycles. The molecule has 1 aliphatic heterocycles. The van der Waals surface area contributed by atoms with E-state index in [2.05, 4.69) is 4.74 Å². The lowest BCUT2D eigenvalue weighted by atomic mass is 10.2. The molecule has 1 aliphatic rings. The second-order valence-electron chi connectivity index (χ2n) is 2.54. The summed E-state index contributed by atoms with van der Waals surface area (Å²) >= 11 is 0. The zero-order chi connectivity index (χ0) is 10.4. The molecule has 0 spiro atoms. The molecule has 0 aromatic carbocycles. The van der Waals surface area contributed by atoms with Crippen LogP contribution in [0, 0.1) is 11.3 Å². The van der Waals surface area contributed by atoms with Gasteiger partial charge in [0.2, 0.25) is 0 Å². The van der Waals surface area contributed by atoms with E-state index in [9.17, 15) is 4.79 Å². The van der Waals surface area contributed by atoms with Crippen LogP contribution in [0.5, 0.6) is 0 Å². The van der Waals surface area contributed by atoms with Gasteiger partial charge in [0.25, 0.3) is 0 Å². The lowest BCUT2D eigenvalue weighted by Gasteiger charge is -2.06. The van der Waals surface area contributed by atoms with Gasteiger partial charge in [-0.2, -0.15) is 5.26 Å². The van der Waals surface area contributed by atoms with Gasteiger partial charge in [0, 0.05) is 6.08 Å². The minimum absolute atomic E-state index is 0.140. The Bertz CT molecular complexity index is 273. The first-order chi connectivity index (χ1) is 6.77. The highest BCUT2D eigenvalue weighted by Gasteiger charge is 2.21. The first kappa shape index (κ1) is 10.7. The fourth-order valence-corrected chi connectivity index (χ4v) is 1.00. The average molecular weight is 197 g/mol. The Morgan fingerprint density at radius 1 is 1.64 bits per heavy atom. The maximum Gasteiger partial charge on any atom is 0.331 e. The van der Waals surface area contributed by atoms with Crippen molar-refractivity contribution in [2.45, 2.75) is 13.2 Å². The molecule has 0 aliphatic carbocycles. The van der Waals surface area contributed by atoms with E-state index < -0.39 is 12.3 Å². The summed E-state index contributed by atoms with van der Waals surface area (Å²) in [5, 5.41) is 8.72. The molecule has 1 rings (SSSR count). The van der Waals surface area contributed by atoms with Gasteiger partial charge >= 0.3 is 5.97 Å². The number of ether oxygens (including phenoxy) is 3. The molecule has 0 aromatic heterocycles. The third-order valence-corrected chi connectivity index (χ3v) is 1.56. The highest BCUT2D eigenvalue weighted by atomic mass is 16.7. The first-order valence-electron chi connectivity index (χ1n) is 4.29. The second-order valence-corrected chi connectivity index (χ2v) is 2.54.